The summed E-state index contributed by atoms with van der Waals surface area (Å²) < 4.78 is 53.7. The minimum Gasteiger partial charge on any atom is -0.490 e. The van der Waals surface area contributed by atoms with Gasteiger partial charge in [-0.25, -0.2) is 17.6 Å². The van der Waals surface area contributed by atoms with Crippen molar-refractivity contribution in [1.82, 2.24) is 14.5 Å². The van der Waals surface area contributed by atoms with Crippen LogP contribution < -0.4 is 15.4 Å². The molecule has 2 aromatic rings. The molecule has 3 rings (SSSR count). The molecule has 0 saturated carbocycles. The largest absolute Gasteiger partial charge is 0.490 e. The predicted octanol–water partition coefficient (Wildman–Crippen LogP) is 4.47. The van der Waals surface area contributed by atoms with Gasteiger partial charge in [0.15, 0.2) is 0 Å². The Kier molecular flexibility index (Phi) is 13.2. The number of aliphatic hydroxyl groups is 1. The number of benzene rings is 2. The SMILES string of the molecule is CC(C)NC(=O)Nc1ccc2c(c1)C(=O)N([C@@H](C)CO)C[C@H](C)[C@H](CN(C)S(=O)(=O)c1ccc(F)cc1)OCCCC[C@@H](C)O2. The second kappa shape index (κ2) is 16.3. The van der Waals surface area contributed by atoms with Gasteiger partial charge >= 0.3 is 6.03 Å². The number of amides is 3. The Morgan fingerprint density at radius 3 is 2.47 bits per heavy atom. The van der Waals surface area contributed by atoms with Crippen LogP contribution in [-0.4, -0.2) is 92.3 Å². The molecule has 0 aliphatic carbocycles. The zero-order valence-electron chi connectivity index (χ0n) is 27.0. The number of anilines is 1. The lowest BCUT2D eigenvalue weighted by atomic mass is 10.0. The van der Waals surface area contributed by atoms with E-state index < -0.39 is 39.9 Å². The Morgan fingerprint density at radius 1 is 1.13 bits per heavy atom. The normalized spacial score (nSPS) is 21.1. The van der Waals surface area contributed by atoms with Crippen molar-refractivity contribution in [2.45, 2.75) is 83.1 Å². The first-order valence-corrected chi connectivity index (χ1v) is 16.8. The topological polar surface area (TPSA) is 138 Å². The van der Waals surface area contributed by atoms with E-state index in [1.807, 2.05) is 27.7 Å². The summed E-state index contributed by atoms with van der Waals surface area (Å²) in [5, 5.41) is 15.7. The number of carbonyl (C=O) groups excluding carboxylic acids is 2. The predicted molar refractivity (Wildman–Crippen MR) is 170 cm³/mol. The molecule has 0 unspecified atom stereocenters. The third kappa shape index (κ3) is 10.1. The Bertz CT molecular complexity index is 1390. The molecular formula is C32H47FN4O7S. The summed E-state index contributed by atoms with van der Waals surface area (Å²) in [6.07, 6.45) is 1.34. The molecule has 250 valence electrons. The Hall–Kier alpha value is -3.26. The second-order valence-corrected chi connectivity index (χ2v) is 14.0. The highest BCUT2D eigenvalue weighted by atomic mass is 32.2. The van der Waals surface area contributed by atoms with Crippen LogP contribution in [-0.2, 0) is 14.8 Å². The number of fused-ring (bicyclic) bond motifs is 1. The van der Waals surface area contributed by atoms with Crippen molar-refractivity contribution in [2.24, 2.45) is 5.92 Å². The van der Waals surface area contributed by atoms with Gasteiger partial charge in [-0.3, -0.25) is 4.79 Å². The number of urea groups is 1. The van der Waals surface area contributed by atoms with Gasteiger partial charge in [-0.15, -0.1) is 0 Å². The Morgan fingerprint density at radius 2 is 1.82 bits per heavy atom. The number of nitrogens with zero attached hydrogens (tertiary/aromatic N) is 2. The van der Waals surface area contributed by atoms with Gasteiger partial charge in [-0.1, -0.05) is 6.92 Å². The molecule has 1 aliphatic heterocycles. The van der Waals surface area contributed by atoms with Crippen molar-refractivity contribution in [3.05, 3.63) is 53.8 Å². The molecule has 11 nitrogen and oxygen atoms in total. The van der Waals surface area contributed by atoms with E-state index in [0.717, 1.165) is 18.6 Å². The molecule has 1 aliphatic rings. The summed E-state index contributed by atoms with van der Waals surface area (Å²) in [6, 6.07) is 8.44. The third-order valence-corrected chi connectivity index (χ3v) is 9.53. The molecule has 3 amide bonds. The van der Waals surface area contributed by atoms with E-state index in [1.54, 1.807) is 25.1 Å². The van der Waals surface area contributed by atoms with Crippen LogP contribution in [0.25, 0.3) is 0 Å². The monoisotopic (exact) mass is 650 g/mol. The van der Waals surface area contributed by atoms with Crippen LogP contribution in [0.4, 0.5) is 14.9 Å². The average molecular weight is 651 g/mol. The molecule has 0 spiro atoms. The molecule has 4 atom stereocenters. The van der Waals surface area contributed by atoms with Gasteiger partial charge in [0.2, 0.25) is 10.0 Å². The van der Waals surface area contributed by atoms with Gasteiger partial charge < -0.3 is 30.1 Å². The quantitative estimate of drug-likeness (QED) is 0.383. The molecule has 0 fully saturated rings. The molecule has 0 saturated heterocycles. The lowest BCUT2D eigenvalue weighted by Crippen LogP contribution is -2.48. The van der Waals surface area contributed by atoms with Crippen LogP contribution in [0.15, 0.2) is 47.4 Å². The van der Waals surface area contributed by atoms with Crippen LogP contribution >= 0.6 is 0 Å². The highest BCUT2D eigenvalue weighted by Gasteiger charge is 2.32. The van der Waals surface area contributed by atoms with Crippen molar-refractivity contribution in [3.63, 3.8) is 0 Å². The van der Waals surface area contributed by atoms with Crippen LogP contribution in [0.1, 0.15) is 64.2 Å². The fourth-order valence-corrected chi connectivity index (χ4v) is 6.21. The average Bonchev–Trinajstić information content (AvgIpc) is 2.98. The van der Waals surface area contributed by atoms with Crippen molar-refractivity contribution in [2.75, 3.05) is 38.7 Å². The first kappa shape index (κ1) is 36.2. The summed E-state index contributed by atoms with van der Waals surface area (Å²) >= 11 is 0. The van der Waals surface area contributed by atoms with E-state index >= 15 is 0 Å². The molecule has 0 radical (unpaired) electrons. The van der Waals surface area contributed by atoms with Gasteiger partial charge in [-0.05, 0) is 89.4 Å². The number of rotatable bonds is 8. The maximum absolute atomic E-state index is 14.2. The van der Waals surface area contributed by atoms with E-state index in [-0.39, 0.29) is 48.2 Å². The fraction of sp³-hybridized carbons (Fsp3) is 0.562. The summed E-state index contributed by atoms with van der Waals surface area (Å²) in [7, 11) is -2.50. The lowest BCUT2D eigenvalue weighted by molar-refractivity contribution is -0.00834. The molecule has 0 bridgehead atoms. The highest BCUT2D eigenvalue weighted by molar-refractivity contribution is 7.89. The minimum absolute atomic E-state index is 0.00839. The summed E-state index contributed by atoms with van der Waals surface area (Å²) in [6.45, 7) is 9.36. The number of nitrogens with one attached hydrogen (secondary N) is 2. The highest BCUT2D eigenvalue weighted by Crippen LogP contribution is 2.29. The standard InChI is InChI=1S/C32H47FN4O7S/c1-21(2)34-32(40)35-26-12-15-29-28(17-26)31(39)37(23(4)20-38)18-22(3)30(43-16-8-7-9-24(5)44-29)19-36(6)45(41,42)27-13-10-25(33)11-14-27/h10-15,17,21-24,30,38H,7-9,16,18-20H2,1-6H3,(H2,34,35,40)/t22-,23-,24+,30-/m0/s1. The van der Waals surface area contributed by atoms with Crippen molar-refractivity contribution < 1.29 is 37.0 Å². The van der Waals surface area contributed by atoms with E-state index in [2.05, 4.69) is 10.6 Å². The number of aliphatic hydroxyl groups excluding tert-OH is 1. The lowest BCUT2D eigenvalue weighted by Gasteiger charge is -2.35. The maximum Gasteiger partial charge on any atom is 0.319 e. The molecule has 0 aromatic heterocycles. The number of halogens is 1. The Balaban J connectivity index is 1.96. The van der Waals surface area contributed by atoms with Gasteiger partial charge in [0.1, 0.15) is 11.6 Å². The first-order valence-electron chi connectivity index (χ1n) is 15.4. The number of hydrogen-bond donors (Lipinski definition) is 3. The summed E-state index contributed by atoms with van der Waals surface area (Å²) in [4.78, 5) is 28.1. The van der Waals surface area contributed by atoms with Gasteiger partial charge in [0.05, 0.1) is 35.3 Å². The van der Waals surface area contributed by atoms with Crippen LogP contribution in [0.5, 0.6) is 5.75 Å². The molecule has 2 aromatic carbocycles. The van der Waals surface area contributed by atoms with Crippen molar-refractivity contribution >= 4 is 27.6 Å². The van der Waals surface area contributed by atoms with Crippen LogP contribution in [0, 0.1) is 11.7 Å². The van der Waals surface area contributed by atoms with Crippen molar-refractivity contribution in [1.29, 1.82) is 0 Å². The molecule has 13 heteroatoms. The number of likely N-dealkylation sites (N-methyl/N-ethyl adjacent to an activating group) is 1. The third-order valence-electron chi connectivity index (χ3n) is 7.69. The molecule has 1 heterocycles. The van der Waals surface area contributed by atoms with E-state index in [4.69, 9.17) is 9.47 Å². The van der Waals surface area contributed by atoms with Gasteiger partial charge in [0, 0.05) is 44.4 Å². The minimum atomic E-state index is -3.94. The number of sulfonamides is 1. The van der Waals surface area contributed by atoms with Crippen LogP contribution in [0.3, 0.4) is 0 Å². The fourth-order valence-electron chi connectivity index (χ4n) is 5.03. The van der Waals surface area contributed by atoms with Gasteiger partial charge in [0.25, 0.3) is 5.91 Å². The van der Waals surface area contributed by atoms with Crippen molar-refractivity contribution in [3.8, 4) is 5.75 Å². The smallest absolute Gasteiger partial charge is 0.319 e. The van der Waals surface area contributed by atoms with Gasteiger partial charge in [-0.2, -0.15) is 4.31 Å². The summed E-state index contributed by atoms with van der Waals surface area (Å²) in [5.41, 5.74) is 0.623. The van der Waals surface area contributed by atoms with E-state index in [9.17, 15) is 27.5 Å². The number of carbonyl (C=O) groups is 2. The van der Waals surface area contributed by atoms with E-state index in [0.29, 0.717) is 30.9 Å². The molecule has 45 heavy (non-hydrogen) atoms. The second-order valence-electron chi connectivity index (χ2n) is 12.0. The number of hydrogen-bond acceptors (Lipinski definition) is 7. The first-order chi connectivity index (χ1) is 21.2. The maximum atomic E-state index is 14.2. The zero-order valence-corrected chi connectivity index (χ0v) is 27.8. The molecule has 3 N–H and O–H groups in total. The van der Waals surface area contributed by atoms with E-state index in [1.165, 1.54) is 28.4 Å². The summed E-state index contributed by atoms with van der Waals surface area (Å²) in [5.74, 6) is -0.953. The zero-order chi connectivity index (χ0) is 33.3. The van der Waals surface area contributed by atoms with Crippen LogP contribution in [0.2, 0.25) is 0 Å². The molecular weight excluding hydrogens is 603 g/mol. The number of ether oxygens (including phenoxy) is 2. The Labute approximate surface area is 266 Å².